The molecule has 0 fully saturated rings. The zero-order chi connectivity index (χ0) is 18.6. The van der Waals surface area contributed by atoms with Crippen molar-refractivity contribution in [2.45, 2.75) is 25.8 Å². The second-order valence-corrected chi connectivity index (χ2v) is 7.36. The Bertz CT molecular complexity index is 945. The number of halogens is 1. The first-order valence-electron chi connectivity index (χ1n) is 9.41. The molecule has 4 nitrogen and oxygen atoms in total. The highest BCUT2D eigenvalue weighted by molar-refractivity contribution is 6.31. The fourth-order valence-corrected chi connectivity index (χ4v) is 3.91. The minimum Gasteiger partial charge on any atom is -0.506 e. The molecule has 0 saturated carbocycles. The maximum Gasteiger partial charge on any atom is 0.213 e. The van der Waals surface area contributed by atoms with Gasteiger partial charge in [-0.2, -0.15) is 0 Å². The van der Waals surface area contributed by atoms with Crippen molar-refractivity contribution in [2.75, 3.05) is 19.7 Å². The lowest BCUT2D eigenvalue weighted by Gasteiger charge is -2.29. The molecule has 0 amide bonds. The van der Waals surface area contributed by atoms with E-state index in [-0.39, 0.29) is 5.75 Å². The molecule has 27 heavy (non-hydrogen) atoms. The van der Waals surface area contributed by atoms with Crippen LogP contribution in [0.3, 0.4) is 0 Å². The Morgan fingerprint density at radius 2 is 1.96 bits per heavy atom. The van der Waals surface area contributed by atoms with Crippen molar-refractivity contribution in [1.29, 1.82) is 0 Å². The number of rotatable bonds is 6. The Kier molecular flexibility index (Phi) is 5.46. The van der Waals surface area contributed by atoms with Gasteiger partial charge in [-0.25, -0.2) is 4.98 Å². The summed E-state index contributed by atoms with van der Waals surface area (Å²) in [5.41, 5.74) is 3.25. The van der Waals surface area contributed by atoms with Gasteiger partial charge in [0.15, 0.2) is 0 Å². The first-order valence-corrected chi connectivity index (χ1v) is 9.79. The SMILES string of the molecule is Oc1cccc2ccc(OCCCCN3CCc4c(Cl)cccc4C3)nc12. The van der Waals surface area contributed by atoms with Gasteiger partial charge in [0.05, 0.1) is 6.61 Å². The minimum atomic E-state index is 0.184. The predicted octanol–water partition coefficient (Wildman–Crippen LogP) is 4.81. The largest absolute Gasteiger partial charge is 0.506 e. The number of phenolic OH excluding ortho intramolecular Hbond substituents is 1. The summed E-state index contributed by atoms with van der Waals surface area (Å²) in [5, 5.41) is 11.7. The van der Waals surface area contributed by atoms with Crippen molar-refractivity contribution in [1.82, 2.24) is 9.88 Å². The van der Waals surface area contributed by atoms with Gasteiger partial charge >= 0.3 is 0 Å². The third kappa shape index (κ3) is 4.18. The molecular weight excluding hydrogens is 360 g/mol. The fourth-order valence-electron chi connectivity index (χ4n) is 3.62. The Morgan fingerprint density at radius 3 is 2.89 bits per heavy atom. The number of aromatic nitrogens is 1. The standard InChI is InChI=1S/C22H23ClN2O2/c23-19-7-3-6-17-15-25(13-11-18(17)19)12-1-2-14-27-21-10-9-16-5-4-8-20(26)22(16)24-21/h3-10,26H,1-2,11-15H2. The van der Waals surface area contributed by atoms with E-state index in [0.29, 0.717) is 18.0 Å². The topological polar surface area (TPSA) is 45.6 Å². The Hall–Kier alpha value is -2.30. The summed E-state index contributed by atoms with van der Waals surface area (Å²) in [4.78, 5) is 6.88. The molecule has 0 spiro atoms. The highest BCUT2D eigenvalue weighted by atomic mass is 35.5. The summed E-state index contributed by atoms with van der Waals surface area (Å²) >= 11 is 6.28. The van der Waals surface area contributed by atoms with Crippen molar-refractivity contribution >= 4 is 22.5 Å². The van der Waals surface area contributed by atoms with Crippen LogP contribution in [-0.4, -0.2) is 34.7 Å². The Morgan fingerprint density at radius 1 is 1.07 bits per heavy atom. The van der Waals surface area contributed by atoms with E-state index in [4.69, 9.17) is 16.3 Å². The van der Waals surface area contributed by atoms with Gasteiger partial charge in [0.2, 0.25) is 5.88 Å². The molecule has 2 heterocycles. The number of ether oxygens (including phenoxy) is 1. The maximum atomic E-state index is 9.90. The number of nitrogens with zero attached hydrogens (tertiary/aromatic N) is 2. The molecule has 3 aromatic rings. The quantitative estimate of drug-likeness (QED) is 0.621. The molecule has 5 heteroatoms. The van der Waals surface area contributed by atoms with Crippen LogP contribution in [-0.2, 0) is 13.0 Å². The van der Waals surface area contributed by atoms with Crippen LogP contribution in [0, 0.1) is 0 Å². The van der Waals surface area contributed by atoms with Gasteiger partial charge in [-0.05, 0) is 55.1 Å². The van der Waals surface area contributed by atoms with Crippen LogP contribution in [0.2, 0.25) is 5.02 Å². The van der Waals surface area contributed by atoms with E-state index in [1.165, 1.54) is 11.1 Å². The zero-order valence-electron chi connectivity index (χ0n) is 15.2. The van der Waals surface area contributed by atoms with Crippen LogP contribution < -0.4 is 4.74 Å². The molecule has 0 atom stereocenters. The number of fused-ring (bicyclic) bond motifs is 2. The van der Waals surface area contributed by atoms with E-state index in [0.717, 1.165) is 49.3 Å². The minimum absolute atomic E-state index is 0.184. The number of hydrogen-bond acceptors (Lipinski definition) is 4. The van der Waals surface area contributed by atoms with Crippen LogP contribution in [0.25, 0.3) is 10.9 Å². The molecule has 0 aliphatic carbocycles. The first kappa shape index (κ1) is 18.1. The third-order valence-electron chi connectivity index (χ3n) is 5.08. The molecule has 2 aromatic carbocycles. The molecule has 0 bridgehead atoms. The van der Waals surface area contributed by atoms with Gasteiger partial charge in [0, 0.05) is 29.6 Å². The van der Waals surface area contributed by atoms with Gasteiger partial charge in [-0.3, -0.25) is 4.90 Å². The van der Waals surface area contributed by atoms with Gasteiger partial charge < -0.3 is 9.84 Å². The number of unbranched alkanes of at least 4 members (excludes halogenated alkanes) is 1. The summed E-state index contributed by atoms with van der Waals surface area (Å²) in [7, 11) is 0. The third-order valence-corrected chi connectivity index (χ3v) is 5.43. The van der Waals surface area contributed by atoms with Crippen molar-refractivity contribution in [2.24, 2.45) is 0 Å². The van der Waals surface area contributed by atoms with Gasteiger partial charge in [-0.15, -0.1) is 0 Å². The summed E-state index contributed by atoms with van der Waals surface area (Å²) < 4.78 is 5.77. The average molecular weight is 383 g/mol. The zero-order valence-corrected chi connectivity index (χ0v) is 16.0. The molecule has 1 N–H and O–H groups in total. The lowest BCUT2D eigenvalue weighted by atomic mass is 9.99. The van der Waals surface area contributed by atoms with Crippen LogP contribution in [0.5, 0.6) is 11.6 Å². The molecule has 0 radical (unpaired) electrons. The van der Waals surface area contributed by atoms with Crippen molar-refractivity contribution in [3.8, 4) is 11.6 Å². The van der Waals surface area contributed by atoms with E-state index in [2.05, 4.69) is 16.0 Å². The molecule has 1 aliphatic rings. The number of hydrogen-bond donors (Lipinski definition) is 1. The van der Waals surface area contributed by atoms with Crippen LogP contribution in [0.15, 0.2) is 48.5 Å². The Balaban J connectivity index is 1.24. The van der Waals surface area contributed by atoms with Crippen molar-refractivity contribution in [3.05, 3.63) is 64.7 Å². The molecule has 4 rings (SSSR count). The highest BCUT2D eigenvalue weighted by Gasteiger charge is 2.17. The Labute approximate surface area is 164 Å². The summed E-state index contributed by atoms with van der Waals surface area (Å²) in [6.07, 6.45) is 3.07. The van der Waals surface area contributed by atoms with E-state index >= 15 is 0 Å². The maximum absolute atomic E-state index is 9.90. The second-order valence-electron chi connectivity index (χ2n) is 6.96. The van der Waals surface area contributed by atoms with Crippen LogP contribution in [0.4, 0.5) is 0 Å². The fraction of sp³-hybridized carbons (Fsp3) is 0.318. The second kappa shape index (κ2) is 8.15. The number of pyridine rings is 1. The molecule has 0 saturated heterocycles. The van der Waals surface area contributed by atoms with E-state index in [1.807, 2.05) is 36.4 Å². The number of para-hydroxylation sites is 1. The van der Waals surface area contributed by atoms with Gasteiger partial charge in [-0.1, -0.05) is 35.9 Å². The summed E-state index contributed by atoms with van der Waals surface area (Å²) in [5.74, 6) is 0.744. The first-order chi connectivity index (χ1) is 13.2. The summed E-state index contributed by atoms with van der Waals surface area (Å²) in [6, 6.07) is 15.4. The van der Waals surface area contributed by atoms with Crippen LogP contribution in [0.1, 0.15) is 24.0 Å². The molecule has 1 aliphatic heterocycles. The number of aromatic hydroxyl groups is 1. The normalized spacial score (nSPS) is 14.3. The molecule has 140 valence electrons. The molecule has 0 unspecified atom stereocenters. The monoisotopic (exact) mass is 382 g/mol. The van der Waals surface area contributed by atoms with E-state index in [1.54, 1.807) is 6.07 Å². The number of phenols is 1. The summed E-state index contributed by atoms with van der Waals surface area (Å²) in [6.45, 7) is 3.72. The van der Waals surface area contributed by atoms with Crippen LogP contribution >= 0.6 is 11.6 Å². The van der Waals surface area contributed by atoms with E-state index in [9.17, 15) is 5.11 Å². The highest BCUT2D eigenvalue weighted by Crippen LogP contribution is 2.26. The van der Waals surface area contributed by atoms with Crippen molar-refractivity contribution < 1.29 is 9.84 Å². The lowest BCUT2D eigenvalue weighted by molar-refractivity contribution is 0.233. The predicted molar refractivity (Wildman–Crippen MR) is 109 cm³/mol. The van der Waals surface area contributed by atoms with Gasteiger partial charge in [0.25, 0.3) is 0 Å². The lowest BCUT2D eigenvalue weighted by Crippen LogP contribution is -2.31. The van der Waals surface area contributed by atoms with E-state index < -0.39 is 0 Å². The van der Waals surface area contributed by atoms with Gasteiger partial charge in [0.1, 0.15) is 11.3 Å². The number of benzene rings is 2. The van der Waals surface area contributed by atoms with Crippen molar-refractivity contribution in [3.63, 3.8) is 0 Å². The average Bonchev–Trinajstić information content (AvgIpc) is 2.68. The molecule has 1 aromatic heterocycles. The smallest absolute Gasteiger partial charge is 0.213 e. The molecular formula is C22H23ClN2O2.